The van der Waals surface area contributed by atoms with Gasteiger partial charge >= 0.3 is 0 Å². The third-order valence-corrected chi connectivity index (χ3v) is 3.67. The van der Waals surface area contributed by atoms with Gasteiger partial charge in [0, 0.05) is 17.8 Å². The first kappa shape index (κ1) is 14.9. The predicted octanol–water partition coefficient (Wildman–Crippen LogP) is 3.26. The fourth-order valence-electron chi connectivity index (χ4n) is 2.22. The Morgan fingerprint density at radius 3 is 2.70 bits per heavy atom. The van der Waals surface area contributed by atoms with E-state index in [1.54, 1.807) is 7.11 Å². The summed E-state index contributed by atoms with van der Waals surface area (Å²) in [7, 11) is 1.61. The molecule has 1 aromatic heterocycles. The molecular formula is C15H20ClN3O. The van der Waals surface area contributed by atoms with Gasteiger partial charge in [0.15, 0.2) is 0 Å². The van der Waals surface area contributed by atoms with E-state index >= 15 is 0 Å². The van der Waals surface area contributed by atoms with Gasteiger partial charge in [-0.1, -0.05) is 18.5 Å². The molecule has 0 saturated carbocycles. The molecule has 0 atom stereocenters. The Labute approximate surface area is 124 Å². The van der Waals surface area contributed by atoms with Crippen LogP contribution in [0, 0.1) is 13.8 Å². The molecule has 0 fully saturated rings. The second-order valence-electron chi connectivity index (χ2n) is 4.66. The van der Waals surface area contributed by atoms with E-state index in [4.69, 9.17) is 16.3 Å². The summed E-state index contributed by atoms with van der Waals surface area (Å²) in [6, 6.07) is 5.69. The second-order valence-corrected chi connectivity index (χ2v) is 5.07. The Morgan fingerprint density at radius 2 is 2.10 bits per heavy atom. The van der Waals surface area contributed by atoms with Crippen molar-refractivity contribution in [2.24, 2.45) is 0 Å². The van der Waals surface area contributed by atoms with Gasteiger partial charge in [-0.15, -0.1) is 0 Å². The maximum Gasteiger partial charge on any atom is 0.137 e. The van der Waals surface area contributed by atoms with Gasteiger partial charge in [0.05, 0.1) is 23.5 Å². The predicted molar refractivity (Wildman–Crippen MR) is 82.0 cm³/mol. The fraction of sp³-hybridized carbons (Fsp3) is 0.400. The Bertz CT molecular complexity index is 607. The zero-order chi connectivity index (χ0) is 14.7. The van der Waals surface area contributed by atoms with Crippen LogP contribution in [-0.2, 0) is 6.54 Å². The molecule has 2 rings (SSSR count). The minimum Gasteiger partial charge on any atom is -0.495 e. The highest BCUT2D eigenvalue weighted by Gasteiger charge is 2.13. The number of ether oxygens (including phenoxy) is 1. The summed E-state index contributed by atoms with van der Waals surface area (Å²) < 4.78 is 7.10. The number of rotatable bonds is 5. The maximum absolute atomic E-state index is 6.18. The minimum absolute atomic E-state index is 0.589. The van der Waals surface area contributed by atoms with E-state index in [2.05, 4.69) is 24.3 Å². The average molecular weight is 294 g/mol. The number of nitrogens with one attached hydrogen (secondary N) is 1. The standard InChI is InChI=1S/C15H20ClN3O/c1-5-17-9-13-10(2)18-19(11(13)3)12-6-7-15(20-4)14(16)8-12/h6-8,17H,5,9H2,1-4H3. The minimum atomic E-state index is 0.589. The lowest BCUT2D eigenvalue weighted by molar-refractivity contribution is 0.415. The summed E-state index contributed by atoms with van der Waals surface area (Å²) in [5.41, 5.74) is 4.35. The Morgan fingerprint density at radius 1 is 1.35 bits per heavy atom. The van der Waals surface area contributed by atoms with E-state index in [9.17, 15) is 0 Å². The van der Waals surface area contributed by atoms with Crippen molar-refractivity contribution in [3.8, 4) is 11.4 Å². The van der Waals surface area contributed by atoms with E-state index in [1.807, 2.05) is 29.8 Å². The molecule has 20 heavy (non-hydrogen) atoms. The van der Waals surface area contributed by atoms with Crippen molar-refractivity contribution in [2.75, 3.05) is 13.7 Å². The molecule has 4 nitrogen and oxygen atoms in total. The number of halogens is 1. The van der Waals surface area contributed by atoms with Gasteiger partial charge < -0.3 is 10.1 Å². The van der Waals surface area contributed by atoms with Crippen molar-refractivity contribution in [1.82, 2.24) is 15.1 Å². The van der Waals surface area contributed by atoms with E-state index < -0.39 is 0 Å². The number of benzene rings is 1. The first-order valence-electron chi connectivity index (χ1n) is 6.68. The van der Waals surface area contributed by atoms with Crippen LogP contribution in [0.4, 0.5) is 0 Å². The number of aromatic nitrogens is 2. The summed E-state index contributed by atoms with van der Waals surface area (Å²) in [5.74, 6) is 0.671. The lowest BCUT2D eigenvalue weighted by Crippen LogP contribution is -2.13. The highest BCUT2D eigenvalue weighted by molar-refractivity contribution is 6.32. The van der Waals surface area contributed by atoms with Gasteiger partial charge in [-0.3, -0.25) is 0 Å². The van der Waals surface area contributed by atoms with E-state index in [1.165, 1.54) is 5.56 Å². The van der Waals surface area contributed by atoms with Gasteiger partial charge in [-0.2, -0.15) is 5.10 Å². The maximum atomic E-state index is 6.18. The van der Waals surface area contributed by atoms with Crippen molar-refractivity contribution in [1.29, 1.82) is 0 Å². The Hall–Kier alpha value is -1.52. The molecule has 1 aromatic carbocycles. The molecule has 1 heterocycles. The van der Waals surface area contributed by atoms with Crippen LogP contribution < -0.4 is 10.1 Å². The third-order valence-electron chi connectivity index (χ3n) is 3.37. The number of hydrogen-bond donors (Lipinski definition) is 1. The van der Waals surface area contributed by atoms with E-state index in [0.717, 1.165) is 30.2 Å². The largest absolute Gasteiger partial charge is 0.495 e. The molecule has 0 unspecified atom stereocenters. The second kappa shape index (κ2) is 6.29. The molecular weight excluding hydrogens is 274 g/mol. The summed E-state index contributed by atoms with van der Waals surface area (Å²) in [6.07, 6.45) is 0. The molecule has 1 N–H and O–H groups in total. The summed E-state index contributed by atoms with van der Waals surface area (Å²) in [4.78, 5) is 0. The molecule has 0 amide bonds. The van der Waals surface area contributed by atoms with Gasteiger partial charge in [0.1, 0.15) is 5.75 Å². The van der Waals surface area contributed by atoms with Crippen LogP contribution in [0.15, 0.2) is 18.2 Å². The SMILES string of the molecule is CCNCc1c(C)nn(-c2ccc(OC)c(Cl)c2)c1C. The molecule has 0 saturated heterocycles. The first-order chi connectivity index (χ1) is 9.58. The normalized spacial score (nSPS) is 10.8. The molecule has 5 heteroatoms. The molecule has 0 aliphatic carbocycles. The van der Waals surface area contributed by atoms with Gasteiger partial charge in [-0.05, 0) is 38.6 Å². The molecule has 0 aliphatic rings. The fourth-order valence-corrected chi connectivity index (χ4v) is 2.47. The van der Waals surface area contributed by atoms with Crippen LogP contribution in [0.1, 0.15) is 23.9 Å². The van der Waals surface area contributed by atoms with Crippen molar-refractivity contribution in [3.63, 3.8) is 0 Å². The Kier molecular flexibility index (Phi) is 4.68. The van der Waals surface area contributed by atoms with E-state index in [0.29, 0.717) is 10.8 Å². The zero-order valence-electron chi connectivity index (χ0n) is 12.3. The van der Waals surface area contributed by atoms with Crippen molar-refractivity contribution in [3.05, 3.63) is 40.2 Å². The highest BCUT2D eigenvalue weighted by Crippen LogP contribution is 2.27. The highest BCUT2D eigenvalue weighted by atomic mass is 35.5. The molecule has 0 radical (unpaired) electrons. The monoisotopic (exact) mass is 293 g/mol. The van der Waals surface area contributed by atoms with Crippen LogP contribution in [0.2, 0.25) is 5.02 Å². The van der Waals surface area contributed by atoms with Gasteiger partial charge in [0.2, 0.25) is 0 Å². The van der Waals surface area contributed by atoms with Crippen LogP contribution in [0.3, 0.4) is 0 Å². The summed E-state index contributed by atoms with van der Waals surface area (Å²) in [6.45, 7) is 7.97. The van der Waals surface area contributed by atoms with Crippen molar-refractivity contribution >= 4 is 11.6 Å². The van der Waals surface area contributed by atoms with E-state index in [-0.39, 0.29) is 0 Å². The molecule has 108 valence electrons. The molecule has 0 aliphatic heterocycles. The number of methoxy groups -OCH3 is 1. The average Bonchev–Trinajstić information content (AvgIpc) is 2.72. The van der Waals surface area contributed by atoms with Crippen molar-refractivity contribution in [2.45, 2.75) is 27.3 Å². The molecule has 0 bridgehead atoms. The van der Waals surface area contributed by atoms with Crippen LogP contribution in [0.5, 0.6) is 5.75 Å². The Balaban J connectivity index is 2.40. The number of aryl methyl sites for hydroxylation is 1. The number of hydrogen-bond acceptors (Lipinski definition) is 3. The van der Waals surface area contributed by atoms with Crippen LogP contribution in [-0.4, -0.2) is 23.4 Å². The smallest absolute Gasteiger partial charge is 0.137 e. The summed E-state index contributed by atoms with van der Waals surface area (Å²) >= 11 is 6.18. The van der Waals surface area contributed by atoms with Crippen LogP contribution in [0.25, 0.3) is 5.69 Å². The lowest BCUT2D eigenvalue weighted by atomic mass is 10.2. The van der Waals surface area contributed by atoms with Gasteiger partial charge in [0.25, 0.3) is 0 Å². The van der Waals surface area contributed by atoms with Crippen molar-refractivity contribution < 1.29 is 4.74 Å². The third kappa shape index (κ3) is 2.81. The quantitative estimate of drug-likeness (QED) is 0.920. The number of nitrogens with zero attached hydrogens (tertiary/aromatic N) is 2. The first-order valence-corrected chi connectivity index (χ1v) is 7.06. The van der Waals surface area contributed by atoms with Crippen LogP contribution >= 0.6 is 11.6 Å². The summed E-state index contributed by atoms with van der Waals surface area (Å²) in [5, 5.41) is 8.54. The molecule has 0 spiro atoms. The molecule has 2 aromatic rings. The zero-order valence-corrected chi connectivity index (χ0v) is 13.1. The van der Waals surface area contributed by atoms with Gasteiger partial charge in [-0.25, -0.2) is 4.68 Å². The topological polar surface area (TPSA) is 39.1 Å². The lowest BCUT2D eigenvalue weighted by Gasteiger charge is -2.08.